The summed E-state index contributed by atoms with van der Waals surface area (Å²) >= 11 is 6.05. The van der Waals surface area contributed by atoms with Crippen molar-refractivity contribution in [3.8, 4) is 5.75 Å². The van der Waals surface area contributed by atoms with Gasteiger partial charge in [0.05, 0.1) is 6.10 Å². The van der Waals surface area contributed by atoms with Gasteiger partial charge >= 0.3 is 0 Å². The van der Waals surface area contributed by atoms with E-state index in [4.69, 9.17) is 16.3 Å². The summed E-state index contributed by atoms with van der Waals surface area (Å²) in [6, 6.07) is 5.21. The van der Waals surface area contributed by atoms with Crippen molar-refractivity contribution in [2.45, 2.75) is 51.2 Å². The number of halogens is 1. The van der Waals surface area contributed by atoms with E-state index in [0.29, 0.717) is 17.7 Å². The fourth-order valence-corrected chi connectivity index (χ4v) is 2.85. The molecule has 0 aromatic heterocycles. The van der Waals surface area contributed by atoms with Crippen molar-refractivity contribution in [3.63, 3.8) is 0 Å². The maximum absolute atomic E-state index is 9.72. The standard InChI is InChI=1S/C16H24ClNO2/c17-15-8-4-9-16(19)14(15)12-18-10-5-11-20-13-6-2-1-3-7-13/h4,8-9,13,18-19H,1-3,5-7,10-12H2. The van der Waals surface area contributed by atoms with Crippen molar-refractivity contribution in [1.29, 1.82) is 0 Å². The Bertz CT molecular complexity index is 385. The third-order valence-corrected chi connectivity index (χ3v) is 4.15. The summed E-state index contributed by atoms with van der Waals surface area (Å²) in [6.07, 6.45) is 7.91. The molecule has 2 rings (SSSR count). The first-order chi connectivity index (χ1) is 9.77. The van der Waals surface area contributed by atoms with E-state index in [0.717, 1.165) is 25.1 Å². The number of hydrogen-bond acceptors (Lipinski definition) is 3. The van der Waals surface area contributed by atoms with E-state index in [9.17, 15) is 5.11 Å². The Balaban J connectivity index is 1.57. The highest BCUT2D eigenvalue weighted by Gasteiger charge is 2.13. The lowest BCUT2D eigenvalue weighted by atomic mass is 9.98. The quantitative estimate of drug-likeness (QED) is 0.751. The van der Waals surface area contributed by atoms with Crippen molar-refractivity contribution in [2.24, 2.45) is 0 Å². The van der Waals surface area contributed by atoms with Crippen LogP contribution in [0.15, 0.2) is 18.2 Å². The van der Waals surface area contributed by atoms with Gasteiger partial charge in [-0.05, 0) is 37.9 Å². The van der Waals surface area contributed by atoms with Gasteiger partial charge in [0.25, 0.3) is 0 Å². The fourth-order valence-electron chi connectivity index (χ4n) is 2.61. The van der Waals surface area contributed by atoms with E-state index in [-0.39, 0.29) is 5.75 Å². The zero-order chi connectivity index (χ0) is 14.2. The Labute approximate surface area is 126 Å². The fraction of sp³-hybridized carbons (Fsp3) is 0.625. The minimum absolute atomic E-state index is 0.253. The van der Waals surface area contributed by atoms with Crippen LogP contribution in [0.25, 0.3) is 0 Å². The first-order valence-corrected chi connectivity index (χ1v) is 7.94. The molecule has 0 heterocycles. The second-order valence-electron chi connectivity index (χ2n) is 5.40. The molecule has 0 spiro atoms. The van der Waals surface area contributed by atoms with Crippen LogP contribution in [0.5, 0.6) is 5.75 Å². The topological polar surface area (TPSA) is 41.5 Å². The maximum atomic E-state index is 9.72. The Morgan fingerprint density at radius 2 is 2.05 bits per heavy atom. The lowest BCUT2D eigenvalue weighted by Crippen LogP contribution is -2.20. The van der Waals surface area contributed by atoms with Gasteiger partial charge in [0.1, 0.15) is 5.75 Å². The minimum Gasteiger partial charge on any atom is -0.508 e. The molecule has 0 radical (unpaired) electrons. The first-order valence-electron chi connectivity index (χ1n) is 7.56. The summed E-state index contributed by atoms with van der Waals surface area (Å²) in [6.45, 7) is 2.28. The summed E-state index contributed by atoms with van der Waals surface area (Å²) in [5, 5.41) is 13.6. The van der Waals surface area contributed by atoms with Crippen LogP contribution in [0.4, 0.5) is 0 Å². The van der Waals surface area contributed by atoms with Crippen LogP contribution in [0.3, 0.4) is 0 Å². The third kappa shape index (κ3) is 4.97. The van der Waals surface area contributed by atoms with Gasteiger partial charge < -0.3 is 15.2 Å². The molecule has 0 aliphatic heterocycles. The number of hydrogen-bond donors (Lipinski definition) is 2. The second-order valence-corrected chi connectivity index (χ2v) is 5.81. The number of aromatic hydroxyl groups is 1. The van der Waals surface area contributed by atoms with E-state index in [1.54, 1.807) is 18.2 Å². The van der Waals surface area contributed by atoms with E-state index in [2.05, 4.69) is 5.32 Å². The summed E-state index contributed by atoms with van der Waals surface area (Å²) in [4.78, 5) is 0. The van der Waals surface area contributed by atoms with Crippen LogP contribution in [0.1, 0.15) is 44.1 Å². The van der Waals surface area contributed by atoms with E-state index < -0.39 is 0 Å². The lowest BCUT2D eigenvalue weighted by molar-refractivity contribution is 0.0273. The van der Waals surface area contributed by atoms with Crippen LogP contribution >= 0.6 is 11.6 Å². The number of rotatable bonds is 7. The number of benzene rings is 1. The average molecular weight is 298 g/mol. The smallest absolute Gasteiger partial charge is 0.121 e. The van der Waals surface area contributed by atoms with Gasteiger partial charge in [-0.25, -0.2) is 0 Å². The van der Waals surface area contributed by atoms with Gasteiger partial charge in [0.15, 0.2) is 0 Å². The molecular formula is C16H24ClNO2. The maximum Gasteiger partial charge on any atom is 0.121 e. The van der Waals surface area contributed by atoms with Crippen LogP contribution in [-0.2, 0) is 11.3 Å². The van der Waals surface area contributed by atoms with Crippen molar-refractivity contribution >= 4 is 11.6 Å². The number of nitrogens with one attached hydrogen (secondary N) is 1. The van der Waals surface area contributed by atoms with E-state index in [1.807, 2.05) is 0 Å². The Morgan fingerprint density at radius 3 is 2.80 bits per heavy atom. The minimum atomic E-state index is 0.253. The normalized spacial score (nSPS) is 16.4. The number of ether oxygens (including phenoxy) is 1. The average Bonchev–Trinajstić information content (AvgIpc) is 2.46. The van der Waals surface area contributed by atoms with Crippen LogP contribution < -0.4 is 5.32 Å². The molecule has 0 amide bonds. The Kier molecular flexibility index (Phi) is 6.64. The molecule has 1 fully saturated rings. The molecule has 2 N–H and O–H groups in total. The van der Waals surface area contributed by atoms with Crippen molar-refractivity contribution in [1.82, 2.24) is 5.32 Å². The van der Waals surface area contributed by atoms with Gasteiger partial charge in [-0.2, -0.15) is 0 Å². The highest BCUT2D eigenvalue weighted by Crippen LogP contribution is 2.24. The van der Waals surface area contributed by atoms with Crippen LogP contribution in [0, 0.1) is 0 Å². The molecular weight excluding hydrogens is 274 g/mol. The first kappa shape index (κ1) is 15.6. The predicted octanol–water partition coefficient (Wildman–Crippen LogP) is 3.87. The zero-order valence-electron chi connectivity index (χ0n) is 11.9. The second kappa shape index (κ2) is 8.50. The molecule has 1 aliphatic rings. The molecule has 1 aromatic rings. The predicted molar refractivity (Wildman–Crippen MR) is 82.3 cm³/mol. The largest absolute Gasteiger partial charge is 0.508 e. The molecule has 4 heteroatoms. The molecule has 3 nitrogen and oxygen atoms in total. The van der Waals surface area contributed by atoms with Crippen LogP contribution in [0.2, 0.25) is 5.02 Å². The molecule has 1 saturated carbocycles. The van der Waals surface area contributed by atoms with Gasteiger partial charge in [-0.15, -0.1) is 0 Å². The molecule has 0 atom stereocenters. The molecule has 0 unspecified atom stereocenters. The highest BCUT2D eigenvalue weighted by atomic mass is 35.5. The van der Waals surface area contributed by atoms with Crippen molar-refractivity contribution in [2.75, 3.05) is 13.2 Å². The molecule has 20 heavy (non-hydrogen) atoms. The van der Waals surface area contributed by atoms with Crippen LogP contribution in [-0.4, -0.2) is 24.4 Å². The summed E-state index contributed by atoms with van der Waals surface area (Å²) in [5.74, 6) is 0.253. The van der Waals surface area contributed by atoms with Crippen molar-refractivity contribution < 1.29 is 9.84 Å². The third-order valence-electron chi connectivity index (χ3n) is 3.80. The van der Waals surface area contributed by atoms with Gasteiger partial charge in [0, 0.05) is 23.7 Å². The molecule has 0 bridgehead atoms. The Morgan fingerprint density at radius 1 is 1.25 bits per heavy atom. The zero-order valence-corrected chi connectivity index (χ0v) is 12.7. The number of phenols is 1. The highest BCUT2D eigenvalue weighted by molar-refractivity contribution is 6.31. The molecule has 1 aromatic carbocycles. The van der Waals surface area contributed by atoms with E-state index >= 15 is 0 Å². The van der Waals surface area contributed by atoms with E-state index in [1.165, 1.54) is 32.1 Å². The Hall–Kier alpha value is -0.770. The van der Waals surface area contributed by atoms with Gasteiger partial charge in [-0.1, -0.05) is 36.9 Å². The summed E-state index contributed by atoms with van der Waals surface area (Å²) in [7, 11) is 0. The van der Waals surface area contributed by atoms with Gasteiger partial charge in [-0.3, -0.25) is 0 Å². The SMILES string of the molecule is Oc1cccc(Cl)c1CNCCCOC1CCCCC1. The molecule has 0 saturated heterocycles. The van der Waals surface area contributed by atoms with Crippen molar-refractivity contribution in [3.05, 3.63) is 28.8 Å². The molecule has 112 valence electrons. The summed E-state index contributed by atoms with van der Waals surface area (Å²) < 4.78 is 5.87. The number of phenolic OH excluding ortho intramolecular Hbond substituents is 1. The van der Waals surface area contributed by atoms with Gasteiger partial charge in [0.2, 0.25) is 0 Å². The summed E-state index contributed by atoms with van der Waals surface area (Å²) in [5.41, 5.74) is 0.766. The monoisotopic (exact) mass is 297 g/mol. The molecule has 1 aliphatic carbocycles. The lowest BCUT2D eigenvalue weighted by Gasteiger charge is -2.21.